The van der Waals surface area contributed by atoms with Crippen LogP contribution in [0.2, 0.25) is 0 Å². The number of nitrogens with one attached hydrogen (secondary N) is 1. The number of nitrogens with zero attached hydrogens (tertiary/aromatic N) is 1. The number of aryl methyl sites for hydroxylation is 1. The summed E-state index contributed by atoms with van der Waals surface area (Å²) < 4.78 is 13.5. The predicted octanol–water partition coefficient (Wildman–Crippen LogP) is 4.29. The van der Waals surface area contributed by atoms with Gasteiger partial charge in [0.15, 0.2) is 0 Å². The van der Waals surface area contributed by atoms with Gasteiger partial charge in [-0.15, -0.1) is 22.7 Å². The highest BCUT2D eigenvalue weighted by molar-refractivity contribution is 7.16. The van der Waals surface area contributed by atoms with Crippen LogP contribution in [0.4, 0.5) is 4.39 Å². The van der Waals surface area contributed by atoms with Gasteiger partial charge in [-0.05, 0) is 37.6 Å². The van der Waals surface area contributed by atoms with Crippen LogP contribution >= 0.6 is 22.7 Å². The molecule has 0 aliphatic heterocycles. The van der Waals surface area contributed by atoms with Gasteiger partial charge >= 0.3 is 0 Å². The number of hydrogen-bond acceptors (Lipinski definition) is 4. The molecule has 0 aliphatic rings. The zero-order valence-electron chi connectivity index (χ0n) is 12.5. The maximum atomic E-state index is 13.5. The van der Waals surface area contributed by atoms with Crippen LogP contribution in [0.5, 0.6) is 0 Å². The van der Waals surface area contributed by atoms with E-state index < -0.39 is 5.82 Å². The number of thiazole rings is 1. The smallest absolute Gasteiger partial charge is 0.254 e. The van der Waals surface area contributed by atoms with E-state index in [2.05, 4.69) is 10.3 Å². The van der Waals surface area contributed by atoms with Crippen LogP contribution in [-0.2, 0) is 6.42 Å². The lowest BCUT2D eigenvalue weighted by atomic mass is 10.2. The van der Waals surface area contributed by atoms with Crippen LogP contribution in [0, 0.1) is 12.7 Å². The lowest BCUT2D eigenvalue weighted by molar-refractivity contribution is 0.0950. The number of amides is 1. The van der Waals surface area contributed by atoms with Crippen molar-refractivity contribution in [3.05, 3.63) is 63.0 Å². The average molecular weight is 346 g/mol. The minimum absolute atomic E-state index is 0.0808. The zero-order chi connectivity index (χ0) is 16.2. The van der Waals surface area contributed by atoms with Gasteiger partial charge in [0.1, 0.15) is 5.82 Å². The Morgan fingerprint density at radius 2 is 2.09 bits per heavy atom. The van der Waals surface area contributed by atoms with Crippen molar-refractivity contribution in [1.82, 2.24) is 10.3 Å². The van der Waals surface area contributed by atoms with E-state index in [1.165, 1.54) is 17.0 Å². The third kappa shape index (κ3) is 3.83. The first kappa shape index (κ1) is 15.8. The first-order chi connectivity index (χ1) is 11.1. The van der Waals surface area contributed by atoms with E-state index in [4.69, 9.17) is 0 Å². The van der Waals surface area contributed by atoms with Crippen LogP contribution < -0.4 is 5.32 Å². The topological polar surface area (TPSA) is 42.0 Å². The molecule has 118 valence electrons. The maximum Gasteiger partial charge on any atom is 0.254 e. The SMILES string of the molecule is Cc1nc(-c2ccc(CCNC(=O)c3ccccc3F)s2)cs1. The molecule has 2 heterocycles. The van der Waals surface area contributed by atoms with E-state index in [9.17, 15) is 9.18 Å². The van der Waals surface area contributed by atoms with Crippen LogP contribution in [0.3, 0.4) is 0 Å². The molecule has 0 bridgehead atoms. The molecular formula is C17H15FN2OS2. The fourth-order valence-corrected chi connectivity index (χ4v) is 3.82. The standard InChI is InChI=1S/C17H15FN2OS2/c1-11-20-15(10-22-11)16-7-6-12(23-16)8-9-19-17(21)13-4-2-3-5-14(13)18/h2-7,10H,8-9H2,1H3,(H,19,21). The lowest BCUT2D eigenvalue weighted by Crippen LogP contribution is -2.26. The summed E-state index contributed by atoms with van der Waals surface area (Å²) in [4.78, 5) is 18.7. The molecular weight excluding hydrogens is 331 g/mol. The molecule has 1 aromatic carbocycles. The Hall–Kier alpha value is -2.05. The van der Waals surface area contributed by atoms with Crippen molar-refractivity contribution in [2.24, 2.45) is 0 Å². The first-order valence-electron chi connectivity index (χ1n) is 7.17. The van der Waals surface area contributed by atoms with Gasteiger partial charge in [0.25, 0.3) is 5.91 Å². The van der Waals surface area contributed by atoms with Crippen molar-refractivity contribution in [3.63, 3.8) is 0 Å². The predicted molar refractivity (Wildman–Crippen MR) is 92.6 cm³/mol. The molecule has 0 unspecified atom stereocenters. The summed E-state index contributed by atoms with van der Waals surface area (Å²) >= 11 is 3.30. The van der Waals surface area contributed by atoms with Crippen molar-refractivity contribution in [3.8, 4) is 10.6 Å². The second-order valence-corrected chi connectivity index (χ2v) is 7.23. The molecule has 1 N–H and O–H groups in total. The Kier molecular flexibility index (Phi) is 4.83. The summed E-state index contributed by atoms with van der Waals surface area (Å²) in [6, 6.07) is 10.1. The number of benzene rings is 1. The summed E-state index contributed by atoms with van der Waals surface area (Å²) in [6.07, 6.45) is 0.716. The maximum absolute atomic E-state index is 13.5. The van der Waals surface area contributed by atoms with Gasteiger partial charge < -0.3 is 5.32 Å². The molecule has 6 heteroatoms. The molecule has 0 saturated carbocycles. The largest absolute Gasteiger partial charge is 0.352 e. The summed E-state index contributed by atoms with van der Waals surface area (Å²) in [5.74, 6) is -0.877. The Morgan fingerprint density at radius 1 is 1.26 bits per heavy atom. The number of hydrogen-bond donors (Lipinski definition) is 1. The minimum atomic E-state index is -0.498. The second-order valence-electron chi connectivity index (χ2n) is 5.00. The molecule has 3 aromatic rings. The molecule has 0 aliphatic carbocycles. The highest BCUT2D eigenvalue weighted by atomic mass is 32.1. The van der Waals surface area contributed by atoms with E-state index in [0.29, 0.717) is 13.0 Å². The van der Waals surface area contributed by atoms with Gasteiger partial charge in [-0.3, -0.25) is 4.79 Å². The number of carbonyl (C=O) groups excluding carboxylic acids is 1. The third-order valence-electron chi connectivity index (χ3n) is 3.31. The van der Waals surface area contributed by atoms with E-state index in [1.54, 1.807) is 34.8 Å². The molecule has 0 fully saturated rings. The van der Waals surface area contributed by atoms with E-state index in [0.717, 1.165) is 15.6 Å². The van der Waals surface area contributed by atoms with Crippen molar-refractivity contribution < 1.29 is 9.18 Å². The summed E-state index contributed by atoms with van der Waals surface area (Å²) in [6.45, 7) is 2.46. The number of halogens is 1. The molecule has 2 aromatic heterocycles. The molecule has 3 rings (SSSR count). The first-order valence-corrected chi connectivity index (χ1v) is 8.87. The van der Waals surface area contributed by atoms with Gasteiger partial charge in [0, 0.05) is 16.8 Å². The van der Waals surface area contributed by atoms with Gasteiger partial charge in [-0.1, -0.05) is 12.1 Å². The molecule has 0 saturated heterocycles. The fourth-order valence-electron chi connectivity index (χ4n) is 2.17. The molecule has 0 atom stereocenters. The van der Waals surface area contributed by atoms with E-state index in [1.807, 2.05) is 24.4 Å². The Labute approximate surface area is 141 Å². The van der Waals surface area contributed by atoms with Gasteiger partial charge in [0.2, 0.25) is 0 Å². The van der Waals surface area contributed by atoms with Gasteiger partial charge in [-0.2, -0.15) is 0 Å². The van der Waals surface area contributed by atoms with E-state index in [-0.39, 0.29) is 11.5 Å². The van der Waals surface area contributed by atoms with Crippen molar-refractivity contribution in [2.75, 3.05) is 6.54 Å². The number of rotatable bonds is 5. The number of carbonyl (C=O) groups is 1. The third-order valence-corrected chi connectivity index (χ3v) is 5.25. The lowest BCUT2D eigenvalue weighted by Gasteiger charge is -2.05. The van der Waals surface area contributed by atoms with E-state index >= 15 is 0 Å². The fraction of sp³-hybridized carbons (Fsp3) is 0.176. The number of thiophene rings is 1. The summed E-state index contributed by atoms with van der Waals surface area (Å²) in [5, 5.41) is 5.85. The van der Waals surface area contributed by atoms with Crippen LogP contribution in [0.25, 0.3) is 10.6 Å². The van der Waals surface area contributed by atoms with Crippen molar-refractivity contribution in [2.45, 2.75) is 13.3 Å². The Bertz CT molecular complexity index is 825. The highest BCUT2D eigenvalue weighted by Crippen LogP contribution is 2.29. The minimum Gasteiger partial charge on any atom is -0.352 e. The highest BCUT2D eigenvalue weighted by Gasteiger charge is 2.10. The molecule has 3 nitrogen and oxygen atoms in total. The zero-order valence-corrected chi connectivity index (χ0v) is 14.1. The summed E-state index contributed by atoms with van der Waals surface area (Å²) in [5.41, 5.74) is 1.08. The normalized spacial score (nSPS) is 10.7. The monoisotopic (exact) mass is 346 g/mol. The summed E-state index contributed by atoms with van der Waals surface area (Å²) in [7, 11) is 0. The van der Waals surface area contributed by atoms with Crippen molar-refractivity contribution >= 4 is 28.6 Å². The Morgan fingerprint density at radius 3 is 2.83 bits per heavy atom. The van der Waals surface area contributed by atoms with Crippen LogP contribution in [-0.4, -0.2) is 17.4 Å². The quantitative estimate of drug-likeness (QED) is 0.749. The van der Waals surface area contributed by atoms with Crippen molar-refractivity contribution in [1.29, 1.82) is 0 Å². The molecule has 0 radical (unpaired) electrons. The number of aromatic nitrogens is 1. The van der Waals surface area contributed by atoms with Gasteiger partial charge in [-0.25, -0.2) is 9.37 Å². The van der Waals surface area contributed by atoms with Crippen LogP contribution in [0.1, 0.15) is 20.2 Å². The molecule has 0 spiro atoms. The molecule has 1 amide bonds. The average Bonchev–Trinajstić information content (AvgIpc) is 3.16. The second kappa shape index (κ2) is 7.02. The van der Waals surface area contributed by atoms with Gasteiger partial charge in [0.05, 0.1) is 21.1 Å². The van der Waals surface area contributed by atoms with Crippen LogP contribution in [0.15, 0.2) is 41.8 Å². The Balaban J connectivity index is 1.56. The molecule has 23 heavy (non-hydrogen) atoms.